The second kappa shape index (κ2) is 35.4. The molecular weight excluding hydrogens is 988 g/mol. The molecule has 1 N–H and O–H groups in total. The molecule has 1 unspecified atom stereocenters. The van der Waals surface area contributed by atoms with Crippen molar-refractivity contribution in [1.82, 2.24) is 4.90 Å². The van der Waals surface area contributed by atoms with Crippen molar-refractivity contribution in [3.63, 3.8) is 0 Å². The molecule has 0 bridgehead atoms. The predicted octanol–water partition coefficient (Wildman–Crippen LogP) is 7.87. The van der Waals surface area contributed by atoms with Gasteiger partial charge in [0.15, 0.2) is 17.2 Å². The van der Waals surface area contributed by atoms with E-state index >= 15 is 0 Å². The Morgan fingerprint density at radius 1 is 0.706 bits per heavy atom. The lowest BCUT2D eigenvalue weighted by atomic mass is 9.78. The topological polar surface area (TPSA) is 215 Å². The molecule has 0 aromatic carbocycles. The number of carbonyl (C=O) groups excluding carboxylic acids is 8. The lowest BCUT2D eigenvalue weighted by molar-refractivity contribution is -0.171. The predicted molar refractivity (Wildman–Crippen MR) is 243 cm³/mol. The Morgan fingerprint density at radius 3 is 1.32 bits per heavy atom. The molecule has 23 heteroatoms. The Labute approximate surface area is 403 Å². The zero-order valence-electron chi connectivity index (χ0n) is 41.4. The van der Waals surface area contributed by atoms with Crippen molar-refractivity contribution in [3.8, 4) is 0 Å². The minimum Gasteiger partial charge on any atom is -0.465 e. The van der Waals surface area contributed by atoms with Crippen LogP contribution in [0.2, 0.25) is 0 Å². The molecule has 2 heterocycles. The monoisotopic (exact) mass is 1060 g/mol. The molecule has 0 aromatic heterocycles. The number of aliphatic hydroxyl groups is 1. The molecule has 2 rings (SSSR count). The number of ether oxygens (including phenoxy) is 6. The van der Waals surface area contributed by atoms with Gasteiger partial charge in [-0.15, -0.1) is 0 Å². The van der Waals surface area contributed by atoms with Crippen molar-refractivity contribution in [2.75, 3.05) is 59.3 Å². The first-order valence-corrected chi connectivity index (χ1v) is 21.4. The molecule has 0 saturated carbocycles. The third-order valence-electron chi connectivity index (χ3n) is 8.25. The summed E-state index contributed by atoms with van der Waals surface area (Å²) in [6.45, 7) is 38.3. The molecular formula is C45H70BrF6NO15. The van der Waals surface area contributed by atoms with Crippen molar-refractivity contribution in [3.05, 3.63) is 48.6 Å². The van der Waals surface area contributed by atoms with Crippen LogP contribution in [0.25, 0.3) is 0 Å². The smallest absolute Gasteiger partial charge is 0.422 e. The Balaban J connectivity index is -0.000000238. The standard InChI is InChI=1S/C11H13F3O4.C8H7F3O3.C7H10O3.C6H11BrO2.C6H15N.C4H8O.C3H6O2/c1-6(11(12,13)14)7(15)18-10(4)5-17-8(16)9(10,2)3;1-4(2)6(12)14-7(13)5(3)8(9,10)11;1-5(2)7(9)10-4-6(3)8;1-4-9-5(8)6(2,3)7;1-4-7(5-2)6-3;1-2-4-5-3-1;1-3(5)2-4/h1,5H2,2-4H3;1,3H2,2H3;1,4H2,2-3H3;4H2,1-3H3;4-6H2,1-3H3;1-4H2;4H,2H2,1H3. The Bertz CT molecular complexity index is 1680. The van der Waals surface area contributed by atoms with Gasteiger partial charge in [0.25, 0.3) is 0 Å². The fourth-order valence-corrected chi connectivity index (χ4v) is 3.56. The minimum absolute atomic E-state index is 0.161. The van der Waals surface area contributed by atoms with Crippen molar-refractivity contribution in [2.45, 2.75) is 125 Å². The molecule has 0 radical (unpaired) electrons. The summed E-state index contributed by atoms with van der Waals surface area (Å²) in [4.78, 5) is 87.5. The molecule has 1 atom stereocenters. The summed E-state index contributed by atoms with van der Waals surface area (Å²) >= 11 is 3.17. The average molecular weight is 1060 g/mol. The van der Waals surface area contributed by atoms with E-state index in [0.29, 0.717) is 12.2 Å². The van der Waals surface area contributed by atoms with Gasteiger partial charge in [-0.3, -0.25) is 19.2 Å². The zero-order chi connectivity index (χ0) is 55.0. The van der Waals surface area contributed by atoms with Gasteiger partial charge in [-0.1, -0.05) is 63.0 Å². The molecule has 0 spiro atoms. The van der Waals surface area contributed by atoms with Crippen LogP contribution in [0.5, 0.6) is 0 Å². The molecule has 0 amide bonds. The summed E-state index contributed by atoms with van der Waals surface area (Å²) in [5.41, 5.74) is -5.87. The Morgan fingerprint density at radius 2 is 1.10 bits per heavy atom. The van der Waals surface area contributed by atoms with Gasteiger partial charge in [-0.05, 0) is 102 Å². The third kappa shape index (κ3) is 34.5. The summed E-state index contributed by atoms with van der Waals surface area (Å²) in [5, 5.41) is 7.79. The van der Waals surface area contributed by atoms with E-state index in [0.717, 1.165) is 13.2 Å². The number of ketones is 2. The number of esters is 6. The number of cyclic esters (lactones) is 1. The lowest BCUT2D eigenvalue weighted by Gasteiger charge is -2.32. The number of carbonyl (C=O) groups is 8. The quantitative estimate of drug-likeness (QED) is 0.0464. The van der Waals surface area contributed by atoms with Gasteiger partial charge in [0.2, 0.25) is 0 Å². The summed E-state index contributed by atoms with van der Waals surface area (Å²) in [5.74, 6) is -6.35. The largest absolute Gasteiger partial charge is 0.465 e. The van der Waals surface area contributed by atoms with Crippen LogP contribution in [0.3, 0.4) is 0 Å². The second-order valence-corrected chi connectivity index (χ2v) is 17.3. The first-order valence-electron chi connectivity index (χ1n) is 20.6. The second-order valence-electron chi connectivity index (χ2n) is 15.3. The molecule has 68 heavy (non-hydrogen) atoms. The highest BCUT2D eigenvalue weighted by molar-refractivity contribution is 9.10. The number of aliphatic hydroxyl groups excluding tert-OH is 1. The van der Waals surface area contributed by atoms with Crippen molar-refractivity contribution >= 4 is 63.3 Å². The maximum absolute atomic E-state index is 12.3. The van der Waals surface area contributed by atoms with Gasteiger partial charge in [-0.25, -0.2) is 19.2 Å². The number of alkyl halides is 7. The molecule has 0 aliphatic carbocycles. The summed E-state index contributed by atoms with van der Waals surface area (Å²) in [6, 6.07) is 0. The highest BCUT2D eigenvalue weighted by Gasteiger charge is 2.58. The van der Waals surface area contributed by atoms with Gasteiger partial charge in [-0.2, -0.15) is 26.3 Å². The molecule has 0 aromatic rings. The zero-order valence-corrected chi connectivity index (χ0v) is 42.9. The minimum atomic E-state index is -4.90. The van der Waals surface area contributed by atoms with Crippen LogP contribution in [0.4, 0.5) is 26.3 Å². The maximum Gasteiger partial charge on any atom is 0.422 e. The average Bonchev–Trinajstić information content (AvgIpc) is 3.88. The first kappa shape index (κ1) is 72.2. The van der Waals surface area contributed by atoms with Crippen LogP contribution in [0, 0.1) is 5.41 Å². The third-order valence-corrected chi connectivity index (χ3v) is 8.57. The normalized spacial score (nSPS) is 15.4. The van der Waals surface area contributed by atoms with Crippen molar-refractivity contribution < 1.29 is 98.2 Å². The number of rotatable bonds is 13. The van der Waals surface area contributed by atoms with Gasteiger partial charge >= 0.3 is 48.2 Å². The summed E-state index contributed by atoms with van der Waals surface area (Å²) in [7, 11) is 0. The summed E-state index contributed by atoms with van der Waals surface area (Å²) < 4.78 is 99.2. The number of nitrogens with zero attached hydrogens (tertiary/aromatic N) is 1. The number of hydrogen-bond acceptors (Lipinski definition) is 16. The first-order chi connectivity index (χ1) is 30.7. The lowest BCUT2D eigenvalue weighted by Crippen LogP contribution is -2.47. The van der Waals surface area contributed by atoms with E-state index in [1.165, 1.54) is 80.9 Å². The van der Waals surface area contributed by atoms with Crippen LogP contribution in [0.15, 0.2) is 48.6 Å². The SMILES string of the molecule is C1CCOC1.C=C(C(=O)OC1(C)COC(=O)C1(C)C)C(F)(F)F.C=C(C)C(=O)OC(=O)C(=C)C(F)(F)F.C=C(C)C(=O)OCC(C)=O.CC(=O)CO.CCN(CC)CC.CCOC(=O)C(C)(C)Br. The van der Waals surface area contributed by atoms with E-state index in [1.54, 1.807) is 20.8 Å². The summed E-state index contributed by atoms with van der Waals surface area (Å²) in [6.07, 6.45) is -7.20. The Hall–Kier alpha value is -4.74. The number of hydrogen-bond donors (Lipinski definition) is 1. The van der Waals surface area contributed by atoms with E-state index in [-0.39, 0.29) is 42.9 Å². The van der Waals surface area contributed by atoms with Crippen LogP contribution < -0.4 is 0 Å². The molecule has 2 saturated heterocycles. The number of Topliss-reactive ketones (excluding diaryl/α,β-unsaturated/α-hetero) is 2. The molecule has 2 fully saturated rings. The van der Waals surface area contributed by atoms with E-state index in [1.807, 2.05) is 0 Å². The molecule has 2 aliphatic rings. The fourth-order valence-electron chi connectivity index (χ4n) is 3.44. The van der Waals surface area contributed by atoms with Crippen molar-refractivity contribution in [1.29, 1.82) is 0 Å². The van der Waals surface area contributed by atoms with E-state index < -0.39 is 68.7 Å². The molecule has 16 nitrogen and oxygen atoms in total. The highest BCUT2D eigenvalue weighted by Crippen LogP contribution is 2.42. The van der Waals surface area contributed by atoms with Crippen LogP contribution in [-0.4, -0.2) is 139 Å². The van der Waals surface area contributed by atoms with Crippen molar-refractivity contribution in [2.24, 2.45) is 5.41 Å². The van der Waals surface area contributed by atoms with E-state index in [4.69, 9.17) is 24.1 Å². The molecule has 394 valence electrons. The van der Waals surface area contributed by atoms with E-state index in [2.05, 4.69) is 77.4 Å². The van der Waals surface area contributed by atoms with Gasteiger partial charge in [0.1, 0.15) is 40.7 Å². The van der Waals surface area contributed by atoms with Gasteiger partial charge in [0, 0.05) is 24.4 Å². The van der Waals surface area contributed by atoms with Gasteiger partial charge < -0.3 is 38.4 Å². The van der Waals surface area contributed by atoms with E-state index in [9.17, 15) is 64.7 Å². The fraction of sp³-hybridized carbons (Fsp3) is 0.644. The van der Waals surface area contributed by atoms with Crippen LogP contribution in [0.1, 0.15) is 103 Å². The molecule has 2 aliphatic heterocycles. The number of halogens is 7. The van der Waals surface area contributed by atoms with Crippen LogP contribution in [-0.2, 0) is 66.8 Å². The van der Waals surface area contributed by atoms with Crippen LogP contribution >= 0.6 is 15.9 Å². The maximum atomic E-state index is 12.3. The van der Waals surface area contributed by atoms with Gasteiger partial charge in [0.05, 0.1) is 6.61 Å². The Kier molecular flexibility index (Phi) is 37.6. The highest BCUT2D eigenvalue weighted by atomic mass is 79.9.